The maximum Gasteiger partial charge on any atom is 0.405 e. The highest BCUT2D eigenvalue weighted by Crippen LogP contribution is 2.30. The largest absolute Gasteiger partial charge is 0.405 e. The normalized spacial score (nSPS) is 23.8. The number of hydrogen-bond donors (Lipinski definition) is 1. The smallest absolute Gasteiger partial charge is 0.347 e. The Kier molecular flexibility index (Phi) is 4.37. The molecule has 0 spiro atoms. The lowest BCUT2D eigenvalue weighted by Gasteiger charge is -2.33. The number of alkyl halides is 3. The van der Waals surface area contributed by atoms with Gasteiger partial charge in [0.2, 0.25) is 5.91 Å². The van der Waals surface area contributed by atoms with Crippen molar-refractivity contribution < 1.29 is 18.0 Å². The Morgan fingerprint density at radius 3 is 2.53 bits per heavy atom. The van der Waals surface area contributed by atoms with E-state index in [4.69, 9.17) is 5.73 Å². The van der Waals surface area contributed by atoms with E-state index in [9.17, 15) is 18.0 Å². The van der Waals surface area contributed by atoms with E-state index in [1.54, 1.807) is 14.1 Å². The summed E-state index contributed by atoms with van der Waals surface area (Å²) in [6.45, 7) is -0.244. The number of carbonyl (C=O) groups is 1. The van der Waals surface area contributed by atoms with E-state index >= 15 is 0 Å². The number of carbonyl (C=O) groups excluding carboxylic acids is 1. The van der Waals surface area contributed by atoms with Crippen LogP contribution in [0.15, 0.2) is 0 Å². The number of halogens is 3. The molecule has 0 radical (unpaired) electrons. The van der Waals surface area contributed by atoms with Crippen LogP contribution in [-0.4, -0.2) is 61.2 Å². The molecule has 0 aromatic carbocycles. The molecule has 1 fully saturated rings. The van der Waals surface area contributed by atoms with Crippen LogP contribution >= 0.6 is 0 Å². The third kappa shape index (κ3) is 3.10. The molecule has 4 nitrogen and oxygen atoms in total. The van der Waals surface area contributed by atoms with Gasteiger partial charge in [-0.1, -0.05) is 0 Å². The van der Waals surface area contributed by atoms with Crippen LogP contribution in [0.3, 0.4) is 0 Å². The fraction of sp³-hybridized carbons (Fsp3) is 0.900. The summed E-state index contributed by atoms with van der Waals surface area (Å²) in [5, 5.41) is 0. The summed E-state index contributed by atoms with van der Waals surface area (Å²) in [6, 6.07) is -2.42. The van der Waals surface area contributed by atoms with Gasteiger partial charge in [-0.25, -0.2) is 0 Å². The number of amides is 1. The highest BCUT2D eigenvalue weighted by molar-refractivity contribution is 5.81. The first-order chi connectivity index (χ1) is 7.79. The van der Waals surface area contributed by atoms with Crippen LogP contribution in [-0.2, 0) is 4.79 Å². The van der Waals surface area contributed by atoms with Gasteiger partial charge in [0.15, 0.2) is 0 Å². The summed E-state index contributed by atoms with van der Waals surface area (Å²) < 4.78 is 38.3. The van der Waals surface area contributed by atoms with Gasteiger partial charge in [0, 0.05) is 20.6 Å². The maximum atomic E-state index is 12.8. The average molecular weight is 253 g/mol. The van der Waals surface area contributed by atoms with Crippen molar-refractivity contribution in [3.05, 3.63) is 0 Å². The van der Waals surface area contributed by atoms with Gasteiger partial charge in [-0.3, -0.25) is 9.69 Å². The molecule has 7 heteroatoms. The molecule has 1 aliphatic rings. The van der Waals surface area contributed by atoms with Gasteiger partial charge >= 0.3 is 6.18 Å². The molecule has 1 rings (SSSR count). The molecule has 1 aliphatic heterocycles. The average Bonchev–Trinajstić information content (AvgIpc) is 2.64. The molecule has 2 N–H and O–H groups in total. The van der Waals surface area contributed by atoms with Crippen molar-refractivity contribution in [2.24, 2.45) is 5.73 Å². The lowest BCUT2D eigenvalue weighted by molar-refractivity contribution is -0.185. The van der Waals surface area contributed by atoms with Gasteiger partial charge in [-0.2, -0.15) is 13.2 Å². The predicted octanol–water partition coefficient (Wildman–Crippen LogP) is 0.429. The zero-order valence-corrected chi connectivity index (χ0v) is 10.00. The predicted molar refractivity (Wildman–Crippen MR) is 57.3 cm³/mol. The number of likely N-dealkylation sites (N-methyl/N-ethyl adjacent to an activating group) is 1. The second-order valence-corrected chi connectivity index (χ2v) is 4.42. The minimum Gasteiger partial charge on any atom is -0.347 e. The molecule has 0 aromatic heterocycles. The summed E-state index contributed by atoms with van der Waals surface area (Å²) in [6.07, 6.45) is -3.33. The van der Waals surface area contributed by atoms with Crippen molar-refractivity contribution in [3.8, 4) is 0 Å². The maximum absolute atomic E-state index is 12.8. The van der Waals surface area contributed by atoms with Crippen molar-refractivity contribution in [1.82, 2.24) is 9.80 Å². The number of likely N-dealkylation sites (tertiary alicyclic amines) is 1. The molecule has 1 saturated heterocycles. The summed E-state index contributed by atoms with van der Waals surface area (Å²) >= 11 is 0. The van der Waals surface area contributed by atoms with Crippen molar-refractivity contribution in [2.45, 2.75) is 31.1 Å². The minimum atomic E-state index is -4.38. The zero-order valence-electron chi connectivity index (χ0n) is 10.00. The van der Waals surface area contributed by atoms with Crippen LogP contribution in [0.1, 0.15) is 12.8 Å². The van der Waals surface area contributed by atoms with E-state index in [1.807, 2.05) is 0 Å². The standard InChI is InChI=1S/C10H18F3N3O/c1-15(2)9(17)7-4-3-5-16(7)8(6-14)10(11,12)13/h7-8H,3-6,14H2,1-2H3/t7-,8+/m0/s1. The summed E-state index contributed by atoms with van der Waals surface area (Å²) in [4.78, 5) is 14.3. The monoisotopic (exact) mass is 253 g/mol. The van der Waals surface area contributed by atoms with E-state index in [0.29, 0.717) is 12.8 Å². The molecule has 0 aliphatic carbocycles. The Bertz CT molecular complexity index is 280. The van der Waals surface area contributed by atoms with Gasteiger partial charge in [-0.05, 0) is 19.4 Å². The lowest BCUT2D eigenvalue weighted by atomic mass is 10.1. The van der Waals surface area contributed by atoms with Crippen LogP contribution in [0.5, 0.6) is 0 Å². The van der Waals surface area contributed by atoms with Gasteiger partial charge < -0.3 is 10.6 Å². The molecule has 0 unspecified atom stereocenters. The van der Waals surface area contributed by atoms with Crippen molar-refractivity contribution in [1.29, 1.82) is 0 Å². The Morgan fingerprint density at radius 2 is 2.12 bits per heavy atom. The Balaban J connectivity index is 2.84. The first kappa shape index (κ1) is 14.2. The van der Waals surface area contributed by atoms with Crippen LogP contribution < -0.4 is 5.73 Å². The number of hydrogen-bond acceptors (Lipinski definition) is 3. The molecule has 0 aromatic rings. The fourth-order valence-electron chi connectivity index (χ4n) is 2.18. The minimum absolute atomic E-state index is 0.269. The first-order valence-corrected chi connectivity index (χ1v) is 5.52. The summed E-state index contributed by atoms with van der Waals surface area (Å²) in [7, 11) is 3.09. The van der Waals surface area contributed by atoms with Crippen molar-refractivity contribution in [2.75, 3.05) is 27.2 Å². The van der Waals surface area contributed by atoms with E-state index in [-0.39, 0.29) is 12.5 Å². The molecule has 0 saturated carbocycles. The first-order valence-electron chi connectivity index (χ1n) is 5.52. The summed E-state index contributed by atoms with van der Waals surface area (Å²) in [5.41, 5.74) is 5.19. The Labute approximate surface area is 98.5 Å². The molecular formula is C10H18F3N3O. The molecule has 1 amide bonds. The lowest BCUT2D eigenvalue weighted by Crippen LogP contribution is -2.55. The third-order valence-electron chi connectivity index (χ3n) is 3.02. The van der Waals surface area contributed by atoms with E-state index in [2.05, 4.69) is 0 Å². The van der Waals surface area contributed by atoms with Gasteiger partial charge in [0.05, 0.1) is 6.04 Å². The second-order valence-electron chi connectivity index (χ2n) is 4.42. The van der Waals surface area contributed by atoms with Crippen molar-refractivity contribution >= 4 is 5.91 Å². The van der Waals surface area contributed by atoms with E-state index < -0.39 is 24.8 Å². The fourth-order valence-corrected chi connectivity index (χ4v) is 2.18. The van der Waals surface area contributed by atoms with Gasteiger partial charge in [0.1, 0.15) is 6.04 Å². The molecule has 0 bridgehead atoms. The Hall–Kier alpha value is -0.820. The molecule has 100 valence electrons. The zero-order chi connectivity index (χ0) is 13.2. The van der Waals surface area contributed by atoms with Gasteiger partial charge in [0.25, 0.3) is 0 Å². The molecule has 2 atom stereocenters. The SMILES string of the molecule is CN(C)C(=O)[C@@H]1CCCN1[C@H](CN)C(F)(F)F. The summed E-state index contributed by atoms with van der Waals surface area (Å²) in [5.74, 6) is -0.287. The highest BCUT2D eigenvalue weighted by atomic mass is 19.4. The molecule has 17 heavy (non-hydrogen) atoms. The van der Waals surface area contributed by atoms with Crippen molar-refractivity contribution in [3.63, 3.8) is 0 Å². The van der Waals surface area contributed by atoms with Crippen LogP contribution in [0.25, 0.3) is 0 Å². The van der Waals surface area contributed by atoms with E-state index in [1.165, 1.54) is 9.80 Å². The topological polar surface area (TPSA) is 49.6 Å². The third-order valence-corrected chi connectivity index (χ3v) is 3.02. The van der Waals surface area contributed by atoms with Gasteiger partial charge in [-0.15, -0.1) is 0 Å². The molecular weight excluding hydrogens is 235 g/mol. The quantitative estimate of drug-likeness (QED) is 0.793. The Morgan fingerprint density at radius 1 is 1.53 bits per heavy atom. The van der Waals surface area contributed by atoms with Crippen LogP contribution in [0.2, 0.25) is 0 Å². The number of nitrogens with zero attached hydrogens (tertiary/aromatic N) is 2. The second kappa shape index (κ2) is 5.22. The highest BCUT2D eigenvalue weighted by Gasteiger charge is 2.48. The van der Waals surface area contributed by atoms with E-state index in [0.717, 1.165) is 0 Å². The van der Waals surface area contributed by atoms with Crippen LogP contribution in [0, 0.1) is 0 Å². The van der Waals surface area contributed by atoms with Crippen LogP contribution in [0.4, 0.5) is 13.2 Å². The molecule has 1 heterocycles. The number of rotatable bonds is 3. The number of nitrogens with two attached hydrogens (primary N) is 1.